The molecule has 0 aliphatic heterocycles. The summed E-state index contributed by atoms with van der Waals surface area (Å²) in [6.07, 6.45) is 0. The van der Waals surface area contributed by atoms with Crippen LogP contribution in [0.4, 0.5) is 10.1 Å². The number of anilines is 1. The zero-order valence-corrected chi connectivity index (χ0v) is 14.4. The molecule has 0 atom stereocenters. The Morgan fingerprint density at radius 1 is 1.12 bits per heavy atom. The topological polar surface area (TPSA) is 63.7 Å². The molecule has 0 amide bonds. The van der Waals surface area contributed by atoms with Gasteiger partial charge >= 0.3 is 5.97 Å². The van der Waals surface area contributed by atoms with E-state index >= 15 is 0 Å². The molecule has 0 fully saturated rings. The highest BCUT2D eigenvalue weighted by Crippen LogP contribution is 2.28. The van der Waals surface area contributed by atoms with Crippen molar-refractivity contribution in [3.63, 3.8) is 0 Å². The van der Waals surface area contributed by atoms with E-state index in [0.29, 0.717) is 11.3 Å². The predicted octanol–water partition coefficient (Wildman–Crippen LogP) is 2.81. The molecule has 0 spiro atoms. The molecule has 7 heteroatoms. The number of methoxy groups -OCH3 is 1. The first-order valence-electron chi connectivity index (χ1n) is 7.18. The summed E-state index contributed by atoms with van der Waals surface area (Å²) in [4.78, 5) is 11.6. The van der Waals surface area contributed by atoms with Crippen LogP contribution in [0.1, 0.15) is 11.1 Å². The maximum atomic E-state index is 13.1. The van der Waals surface area contributed by atoms with E-state index in [0.717, 1.165) is 22.0 Å². The van der Waals surface area contributed by atoms with Crippen molar-refractivity contribution in [1.29, 1.82) is 0 Å². The number of hydrogen-bond acceptors (Lipinski definition) is 4. The Balaban J connectivity index is 2.59. The molecule has 0 N–H and O–H groups in total. The number of rotatable bonds is 5. The van der Waals surface area contributed by atoms with Crippen LogP contribution in [0.2, 0.25) is 0 Å². The molecular formula is C17H18FNO4S. The van der Waals surface area contributed by atoms with Crippen LogP contribution in [0.15, 0.2) is 47.4 Å². The average molecular weight is 351 g/mol. The van der Waals surface area contributed by atoms with Gasteiger partial charge in [-0.2, -0.15) is 0 Å². The lowest BCUT2D eigenvalue weighted by Gasteiger charge is -2.25. The molecule has 0 saturated carbocycles. The van der Waals surface area contributed by atoms with E-state index in [2.05, 4.69) is 4.74 Å². The van der Waals surface area contributed by atoms with Gasteiger partial charge in [0.25, 0.3) is 10.0 Å². The fraction of sp³-hybridized carbons (Fsp3) is 0.235. The van der Waals surface area contributed by atoms with E-state index < -0.39 is 28.4 Å². The fourth-order valence-corrected chi connectivity index (χ4v) is 3.67. The lowest BCUT2D eigenvalue weighted by Crippen LogP contribution is -2.36. The van der Waals surface area contributed by atoms with Gasteiger partial charge in [0.05, 0.1) is 17.7 Å². The summed E-state index contributed by atoms with van der Waals surface area (Å²) in [6, 6.07) is 9.76. The third kappa shape index (κ3) is 3.73. The highest BCUT2D eigenvalue weighted by atomic mass is 32.2. The van der Waals surface area contributed by atoms with Crippen LogP contribution in [0.5, 0.6) is 0 Å². The SMILES string of the molecule is COC(=O)CN(c1cc(C)ccc1C)S(=O)(=O)c1ccc(F)cc1. The first-order valence-corrected chi connectivity index (χ1v) is 8.62. The zero-order chi connectivity index (χ0) is 17.9. The van der Waals surface area contributed by atoms with Crippen LogP contribution in [-0.4, -0.2) is 28.0 Å². The van der Waals surface area contributed by atoms with Crippen LogP contribution in [0.25, 0.3) is 0 Å². The van der Waals surface area contributed by atoms with Gasteiger partial charge in [0, 0.05) is 0 Å². The standard InChI is InChI=1S/C17H18FNO4S/c1-12-4-5-13(2)16(10-12)19(11-17(20)23-3)24(21,22)15-8-6-14(18)7-9-15/h4-10H,11H2,1-3H3. The van der Waals surface area contributed by atoms with E-state index in [1.165, 1.54) is 19.2 Å². The van der Waals surface area contributed by atoms with Crippen LogP contribution in [-0.2, 0) is 19.6 Å². The quantitative estimate of drug-likeness (QED) is 0.777. The molecule has 0 aliphatic rings. The van der Waals surface area contributed by atoms with Crippen molar-refractivity contribution in [2.24, 2.45) is 0 Å². The molecule has 0 aromatic heterocycles. The second-order valence-electron chi connectivity index (χ2n) is 5.33. The van der Waals surface area contributed by atoms with Gasteiger partial charge in [-0.3, -0.25) is 9.10 Å². The summed E-state index contributed by atoms with van der Waals surface area (Å²) in [7, 11) is -2.86. The van der Waals surface area contributed by atoms with Crippen LogP contribution >= 0.6 is 0 Å². The van der Waals surface area contributed by atoms with Gasteiger partial charge in [-0.05, 0) is 55.3 Å². The number of halogens is 1. The minimum atomic E-state index is -4.05. The molecular weight excluding hydrogens is 333 g/mol. The molecule has 0 saturated heterocycles. The van der Waals surface area contributed by atoms with Crippen molar-refractivity contribution in [2.75, 3.05) is 18.0 Å². The van der Waals surface area contributed by atoms with Gasteiger partial charge in [0.1, 0.15) is 12.4 Å². The second kappa shape index (κ2) is 7.00. The lowest BCUT2D eigenvalue weighted by molar-refractivity contribution is -0.138. The number of ether oxygens (including phenoxy) is 1. The van der Waals surface area contributed by atoms with E-state index in [1.807, 2.05) is 13.0 Å². The average Bonchev–Trinajstić information content (AvgIpc) is 2.55. The smallest absolute Gasteiger partial charge is 0.326 e. The number of aryl methyl sites for hydroxylation is 2. The number of sulfonamides is 1. The maximum Gasteiger partial charge on any atom is 0.326 e. The number of hydrogen-bond donors (Lipinski definition) is 0. The molecule has 0 radical (unpaired) electrons. The number of nitrogens with zero attached hydrogens (tertiary/aromatic N) is 1. The summed E-state index contributed by atoms with van der Waals surface area (Å²) >= 11 is 0. The Labute approximate surface area is 140 Å². The summed E-state index contributed by atoms with van der Waals surface area (Å²) < 4.78 is 44.6. The largest absolute Gasteiger partial charge is 0.468 e. The number of carbonyl (C=O) groups is 1. The molecule has 24 heavy (non-hydrogen) atoms. The van der Waals surface area contributed by atoms with Crippen LogP contribution in [0, 0.1) is 19.7 Å². The monoisotopic (exact) mass is 351 g/mol. The number of esters is 1. The van der Waals surface area contributed by atoms with Gasteiger partial charge in [-0.1, -0.05) is 12.1 Å². The summed E-state index contributed by atoms with van der Waals surface area (Å²) in [6.45, 7) is 3.10. The van der Waals surface area contributed by atoms with Gasteiger partial charge in [0.2, 0.25) is 0 Å². The highest BCUT2D eigenvalue weighted by Gasteiger charge is 2.28. The first kappa shape index (κ1) is 17.9. The van der Waals surface area contributed by atoms with Gasteiger partial charge in [0.15, 0.2) is 0 Å². The normalized spacial score (nSPS) is 11.2. The number of benzene rings is 2. The minimum absolute atomic E-state index is 0.103. The fourth-order valence-electron chi connectivity index (χ4n) is 2.20. The van der Waals surface area contributed by atoms with Crippen LogP contribution < -0.4 is 4.31 Å². The second-order valence-corrected chi connectivity index (χ2v) is 7.19. The van der Waals surface area contributed by atoms with E-state index in [9.17, 15) is 17.6 Å². The molecule has 2 aromatic carbocycles. The molecule has 0 aliphatic carbocycles. The van der Waals surface area contributed by atoms with E-state index in [1.54, 1.807) is 19.1 Å². The number of carbonyl (C=O) groups excluding carboxylic acids is 1. The summed E-state index contributed by atoms with van der Waals surface area (Å²) in [5.74, 6) is -1.23. The van der Waals surface area contributed by atoms with Crippen molar-refractivity contribution in [3.05, 3.63) is 59.4 Å². The lowest BCUT2D eigenvalue weighted by atomic mass is 10.1. The molecule has 2 rings (SSSR count). The van der Waals surface area contributed by atoms with Crippen molar-refractivity contribution in [3.8, 4) is 0 Å². The third-order valence-corrected chi connectivity index (χ3v) is 5.31. The van der Waals surface area contributed by atoms with Gasteiger partial charge in [-0.15, -0.1) is 0 Å². The molecule has 0 unspecified atom stereocenters. The Bertz CT molecular complexity index is 847. The molecule has 128 valence electrons. The minimum Gasteiger partial charge on any atom is -0.468 e. The third-order valence-electron chi connectivity index (χ3n) is 3.54. The van der Waals surface area contributed by atoms with Gasteiger partial charge in [-0.25, -0.2) is 12.8 Å². The molecule has 0 bridgehead atoms. The Hall–Kier alpha value is -2.41. The van der Waals surface area contributed by atoms with Crippen molar-refractivity contribution in [1.82, 2.24) is 0 Å². The van der Waals surface area contributed by atoms with Crippen molar-refractivity contribution < 1.29 is 22.3 Å². The van der Waals surface area contributed by atoms with E-state index in [4.69, 9.17) is 0 Å². The molecule has 2 aromatic rings. The summed E-state index contributed by atoms with van der Waals surface area (Å²) in [5, 5.41) is 0. The van der Waals surface area contributed by atoms with Crippen molar-refractivity contribution >= 4 is 21.7 Å². The highest BCUT2D eigenvalue weighted by molar-refractivity contribution is 7.92. The Morgan fingerprint density at radius 3 is 2.33 bits per heavy atom. The molecule has 5 nitrogen and oxygen atoms in total. The molecule has 0 heterocycles. The summed E-state index contributed by atoms with van der Waals surface area (Å²) in [5.41, 5.74) is 1.92. The Kier molecular flexibility index (Phi) is 5.23. The Morgan fingerprint density at radius 2 is 1.75 bits per heavy atom. The van der Waals surface area contributed by atoms with E-state index in [-0.39, 0.29) is 4.90 Å². The van der Waals surface area contributed by atoms with Crippen molar-refractivity contribution in [2.45, 2.75) is 18.7 Å². The van der Waals surface area contributed by atoms with Gasteiger partial charge < -0.3 is 4.74 Å². The van der Waals surface area contributed by atoms with Crippen LogP contribution in [0.3, 0.4) is 0 Å². The predicted molar refractivity (Wildman–Crippen MR) is 88.9 cm³/mol. The first-order chi connectivity index (χ1) is 11.3. The maximum absolute atomic E-state index is 13.1. The zero-order valence-electron chi connectivity index (χ0n) is 13.6.